The first-order valence-corrected chi connectivity index (χ1v) is 7.45. The minimum absolute atomic E-state index is 0.224. The van der Waals surface area contributed by atoms with Gasteiger partial charge in [0, 0.05) is 6.92 Å². The summed E-state index contributed by atoms with van der Waals surface area (Å²) in [6.45, 7) is 1.27. The standard InChI is InChI=1S/C13H10N4O3S2/c1-6(18)15-16-12(20)9-10-14-11(19)7-4-2-3-5-8(7)17(10)13(21)22-9/h2-5H,1H3,(H,14,19)(H,15,18)(H,16,20). The van der Waals surface area contributed by atoms with Crippen molar-refractivity contribution in [2.24, 2.45) is 0 Å². The lowest BCUT2D eigenvalue weighted by atomic mass is 10.2. The molecule has 0 atom stereocenters. The zero-order valence-electron chi connectivity index (χ0n) is 11.3. The van der Waals surface area contributed by atoms with Crippen LogP contribution in [0.4, 0.5) is 0 Å². The van der Waals surface area contributed by atoms with E-state index in [2.05, 4.69) is 15.8 Å². The minimum atomic E-state index is -0.542. The summed E-state index contributed by atoms with van der Waals surface area (Å²) in [5, 5.41) is 0.484. The summed E-state index contributed by atoms with van der Waals surface area (Å²) in [6, 6.07) is 6.99. The Morgan fingerprint density at radius 2 is 2.00 bits per heavy atom. The van der Waals surface area contributed by atoms with Crippen molar-refractivity contribution in [3.05, 3.63) is 43.5 Å². The Labute approximate surface area is 132 Å². The number of benzene rings is 1. The van der Waals surface area contributed by atoms with E-state index in [0.717, 1.165) is 11.3 Å². The van der Waals surface area contributed by atoms with Gasteiger partial charge < -0.3 is 4.98 Å². The van der Waals surface area contributed by atoms with Crippen molar-refractivity contribution in [3.8, 4) is 0 Å². The van der Waals surface area contributed by atoms with Crippen LogP contribution >= 0.6 is 23.6 Å². The Morgan fingerprint density at radius 3 is 2.73 bits per heavy atom. The second-order valence-electron chi connectivity index (χ2n) is 4.49. The van der Waals surface area contributed by atoms with Gasteiger partial charge in [-0.15, -0.1) is 0 Å². The van der Waals surface area contributed by atoms with Crippen molar-refractivity contribution in [1.82, 2.24) is 20.2 Å². The largest absolute Gasteiger partial charge is 0.306 e. The summed E-state index contributed by atoms with van der Waals surface area (Å²) in [7, 11) is 0. The highest BCUT2D eigenvalue weighted by Crippen LogP contribution is 2.22. The van der Waals surface area contributed by atoms with Crippen LogP contribution in [0.15, 0.2) is 29.1 Å². The number of nitrogens with zero attached hydrogens (tertiary/aromatic N) is 1. The summed E-state index contributed by atoms with van der Waals surface area (Å²) >= 11 is 6.35. The zero-order valence-corrected chi connectivity index (χ0v) is 12.9. The number of aromatic amines is 1. The molecule has 0 unspecified atom stereocenters. The van der Waals surface area contributed by atoms with Gasteiger partial charge in [-0.25, -0.2) is 0 Å². The third-order valence-electron chi connectivity index (χ3n) is 2.99. The van der Waals surface area contributed by atoms with E-state index in [0.29, 0.717) is 20.5 Å². The van der Waals surface area contributed by atoms with E-state index < -0.39 is 11.8 Å². The average Bonchev–Trinajstić information content (AvgIpc) is 2.82. The van der Waals surface area contributed by atoms with E-state index in [1.165, 1.54) is 6.92 Å². The number of rotatable bonds is 1. The van der Waals surface area contributed by atoms with Gasteiger partial charge in [-0.3, -0.25) is 29.6 Å². The lowest BCUT2D eigenvalue weighted by Crippen LogP contribution is -2.40. The molecule has 0 saturated carbocycles. The number of H-pyrrole nitrogens is 1. The van der Waals surface area contributed by atoms with E-state index in [4.69, 9.17) is 12.2 Å². The number of thiazole rings is 1. The molecule has 0 aliphatic rings. The highest BCUT2D eigenvalue weighted by Gasteiger charge is 2.17. The number of carbonyl (C=O) groups is 2. The lowest BCUT2D eigenvalue weighted by Gasteiger charge is -2.04. The molecule has 112 valence electrons. The maximum Gasteiger partial charge on any atom is 0.283 e. The quantitative estimate of drug-likeness (QED) is 0.462. The molecule has 1 aromatic carbocycles. The van der Waals surface area contributed by atoms with Crippen LogP contribution in [0.3, 0.4) is 0 Å². The van der Waals surface area contributed by atoms with Gasteiger partial charge in [-0.2, -0.15) is 0 Å². The summed E-state index contributed by atoms with van der Waals surface area (Å²) < 4.78 is 2.06. The zero-order chi connectivity index (χ0) is 15.9. The first-order valence-electron chi connectivity index (χ1n) is 6.22. The van der Waals surface area contributed by atoms with Crippen LogP contribution in [0.2, 0.25) is 0 Å². The number of amides is 2. The molecule has 9 heteroatoms. The number of aromatic nitrogens is 2. The highest BCUT2D eigenvalue weighted by molar-refractivity contribution is 7.73. The van der Waals surface area contributed by atoms with E-state index in [9.17, 15) is 14.4 Å². The van der Waals surface area contributed by atoms with Crippen molar-refractivity contribution < 1.29 is 9.59 Å². The number of hydrogen-bond donors (Lipinski definition) is 3. The molecule has 2 amide bonds. The van der Waals surface area contributed by atoms with Crippen molar-refractivity contribution in [2.75, 3.05) is 0 Å². The van der Waals surface area contributed by atoms with Crippen LogP contribution in [0.5, 0.6) is 0 Å². The fourth-order valence-electron chi connectivity index (χ4n) is 2.10. The predicted molar refractivity (Wildman–Crippen MR) is 85.5 cm³/mol. The third-order valence-corrected chi connectivity index (χ3v) is 4.36. The monoisotopic (exact) mass is 334 g/mol. The molecule has 3 N–H and O–H groups in total. The van der Waals surface area contributed by atoms with Crippen molar-refractivity contribution in [3.63, 3.8) is 0 Å². The summed E-state index contributed by atoms with van der Waals surface area (Å²) in [4.78, 5) is 38.0. The van der Waals surface area contributed by atoms with Crippen molar-refractivity contribution in [1.29, 1.82) is 0 Å². The van der Waals surface area contributed by atoms with Gasteiger partial charge >= 0.3 is 0 Å². The first kappa shape index (κ1) is 14.4. The Kier molecular flexibility index (Phi) is 3.51. The smallest absolute Gasteiger partial charge is 0.283 e. The molecular weight excluding hydrogens is 324 g/mol. The fourth-order valence-corrected chi connectivity index (χ4v) is 3.37. The van der Waals surface area contributed by atoms with E-state index in [1.807, 2.05) is 0 Å². The number of nitrogens with one attached hydrogen (secondary N) is 3. The summed E-state index contributed by atoms with van der Waals surface area (Å²) in [5.41, 5.74) is 5.09. The molecule has 7 nitrogen and oxygen atoms in total. The van der Waals surface area contributed by atoms with Crippen LogP contribution in [0.25, 0.3) is 16.6 Å². The second kappa shape index (κ2) is 5.35. The molecule has 3 aromatic rings. The molecule has 2 aromatic heterocycles. The summed E-state index contributed by atoms with van der Waals surface area (Å²) in [5.74, 6) is -0.945. The number of para-hydroxylation sites is 1. The molecule has 0 aliphatic carbocycles. The highest BCUT2D eigenvalue weighted by atomic mass is 32.1. The fraction of sp³-hybridized carbons (Fsp3) is 0.0769. The average molecular weight is 334 g/mol. The number of hydrogen-bond acceptors (Lipinski definition) is 5. The minimum Gasteiger partial charge on any atom is -0.306 e. The van der Waals surface area contributed by atoms with Crippen LogP contribution in [-0.2, 0) is 4.79 Å². The maximum absolute atomic E-state index is 12.1. The van der Waals surface area contributed by atoms with Crippen LogP contribution in [0.1, 0.15) is 16.6 Å². The Balaban J connectivity index is 2.27. The molecule has 0 aliphatic heterocycles. The topological polar surface area (TPSA) is 95.5 Å². The Morgan fingerprint density at radius 1 is 1.27 bits per heavy atom. The van der Waals surface area contributed by atoms with Gasteiger partial charge in [0.05, 0.1) is 10.9 Å². The molecule has 0 fully saturated rings. The molecule has 22 heavy (non-hydrogen) atoms. The molecule has 0 bridgehead atoms. The van der Waals surface area contributed by atoms with Gasteiger partial charge in [-0.05, 0) is 24.4 Å². The Hall–Kier alpha value is -2.52. The molecule has 0 saturated heterocycles. The van der Waals surface area contributed by atoms with Gasteiger partial charge in [0.15, 0.2) is 3.95 Å². The van der Waals surface area contributed by atoms with Crippen LogP contribution < -0.4 is 16.4 Å². The van der Waals surface area contributed by atoms with Crippen molar-refractivity contribution >= 4 is 51.9 Å². The molecule has 0 radical (unpaired) electrons. The number of carbonyl (C=O) groups excluding carboxylic acids is 2. The number of hydrazine groups is 1. The van der Waals surface area contributed by atoms with E-state index in [1.54, 1.807) is 28.7 Å². The molecular formula is C13H10N4O3S2. The normalized spacial score (nSPS) is 10.8. The van der Waals surface area contributed by atoms with Gasteiger partial charge in [0.1, 0.15) is 10.5 Å². The predicted octanol–water partition coefficient (Wildman–Crippen LogP) is 1.35. The number of fused-ring (bicyclic) bond motifs is 3. The van der Waals surface area contributed by atoms with Crippen molar-refractivity contribution in [2.45, 2.75) is 6.92 Å². The molecule has 3 rings (SSSR count). The SMILES string of the molecule is CC(=O)NNC(=O)c1sc(=S)n2c1[nH]c(=O)c1ccccc12. The second-order valence-corrected chi connectivity index (χ2v) is 6.13. The molecule has 2 heterocycles. The van der Waals surface area contributed by atoms with Gasteiger partial charge in [0.2, 0.25) is 5.91 Å². The van der Waals surface area contributed by atoms with E-state index in [-0.39, 0.29) is 10.4 Å². The summed E-state index contributed by atoms with van der Waals surface area (Å²) in [6.07, 6.45) is 0. The maximum atomic E-state index is 12.1. The van der Waals surface area contributed by atoms with Crippen LogP contribution in [0, 0.1) is 3.95 Å². The first-order chi connectivity index (χ1) is 10.5. The van der Waals surface area contributed by atoms with Gasteiger partial charge in [0.25, 0.3) is 11.5 Å². The third kappa shape index (κ3) is 2.30. The van der Waals surface area contributed by atoms with E-state index >= 15 is 0 Å². The van der Waals surface area contributed by atoms with Crippen LogP contribution in [-0.4, -0.2) is 21.2 Å². The lowest BCUT2D eigenvalue weighted by molar-refractivity contribution is -0.119. The van der Waals surface area contributed by atoms with Gasteiger partial charge in [-0.1, -0.05) is 23.5 Å². The molecule has 0 spiro atoms. The Bertz CT molecular complexity index is 1030.